The van der Waals surface area contributed by atoms with Crippen molar-refractivity contribution in [3.05, 3.63) is 35.9 Å². The number of hydrogen-bond donors (Lipinski definition) is 1. The molecule has 19 heavy (non-hydrogen) atoms. The van der Waals surface area contributed by atoms with E-state index >= 15 is 0 Å². The van der Waals surface area contributed by atoms with E-state index < -0.39 is 0 Å². The fourth-order valence-electron chi connectivity index (χ4n) is 2.27. The Morgan fingerprint density at radius 1 is 1.00 bits per heavy atom. The van der Waals surface area contributed by atoms with Crippen LogP contribution in [0.1, 0.15) is 52.2 Å². The molecule has 1 aromatic rings. The first-order valence-corrected chi connectivity index (χ1v) is 7.69. The molecule has 0 bridgehead atoms. The van der Waals surface area contributed by atoms with Crippen LogP contribution in [0.2, 0.25) is 0 Å². The lowest BCUT2D eigenvalue weighted by molar-refractivity contribution is 0.0657. The predicted octanol–water partition coefficient (Wildman–Crippen LogP) is 4.11. The summed E-state index contributed by atoms with van der Waals surface area (Å²) in [5, 5.41) is 10.2. The summed E-state index contributed by atoms with van der Waals surface area (Å²) in [5.41, 5.74) is 1.06. The summed E-state index contributed by atoms with van der Waals surface area (Å²) < 4.78 is 0. The molecule has 1 aromatic carbocycles. The van der Waals surface area contributed by atoms with Gasteiger partial charge in [-0.1, -0.05) is 58.0 Å². The second-order valence-electron chi connectivity index (χ2n) is 4.50. The van der Waals surface area contributed by atoms with Crippen molar-refractivity contribution in [3.8, 4) is 0 Å². The summed E-state index contributed by atoms with van der Waals surface area (Å²) in [7, 11) is 2.14. The number of aliphatic hydroxyl groups is 1. The zero-order valence-electron chi connectivity index (χ0n) is 13.3. The van der Waals surface area contributed by atoms with E-state index in [1.807, 2.05) is 58.0 Å². The molecule has 0 radical (unpaired) electrons. The number of hydrogen-bond acceptors (Lipinski definition) is 2. The van der Waals surface area contributed by atoms with Crippen LogP contribution in [-0.4, -0.2) is 30.1 Å². The lowest BCUT2D eigenvalue weighted by atomic mass is 9.88. The minimum atomic E-state index is -0.278. The van der Waals surface area contributed by atoms with Crippen molar-refractivity contribution < 1.29 is 5.11 Å². The molecule has 0 saturated carbocycles. The third-order valence-corrected chi connectivity index (χ3v) is 3.35. The molecular formula is C17H31NO. The summed E-state index contributed by atoms with van der Waals surface area (Å²) in [6.45, 7) is 10.2. The van der Waals surface area contributed by atoms with E-state index in [9.17, 15) is 5.11 Å². The predicted molar refractivity (Wildman–Crippen MR) is 84.3 cm³/mol. The summed E-state index contributed by atoms with van der Waals surface area (Å²) in [6, 6.07) is 10.0. The minimum Gasteiger partial charge on any atom is -0.388 e. The summed E-state index contributed by atoms with van der Waals surface area (Å²) >= 11 is 0. The van der Waals surface area contributed by atoms with E-state index in [4.69, 9.17) is 0 Å². The zero-order valence-corrected chi connectivity index (χ0v) is 13.3. The van der Waals surface area contributed by atoms with Crippen LogP contribution in [0.5, 0.6) is 0 Å². The van der Waals surface area contributed by atoms with E-state index in [-0.39, 0.29) is 6.10 Å². The molecule has 0 aliphatic carbocycles. The van der Waals surface area contributed by atoms with Crippen LogP contribution in [0, 0.1) is 5.92 Å². The van der Waals surface area contributed by atoms with Crippen LogP contribution in [0.25, 0.3) is 0 Å². The molecule has 1 N–H and O–H groups in total. The lowest BCUT2D eigenvalue weighted by Crippen LogP contribution is -2.32. The summed E-state index contributed by atoms with van der Waals surface area (Å²) in [6.07, 6.45) is 1.93. The molecular weight excluding hydrogens is 234 g/mol. The van der Waals surface area contributed by atoms with E-state index in [1.165, 1.54) is 0 Å². The smallest absolute Gasteiger partial charge is 0.0819 e. The van der Waals surface area contributed by atoms with Crippen LogP contribution in [0.4, 0.5) is 0 Å². The van der Waals surface area contributed by atoms with Gasteiger partial charge in [0.1, 0.15) is 0 Å². The van der Waals surface area contributed by atoms with Gasteiger partial charge in [-0.15, -0.1) is 0 Å². The van der Waals surface area contributed by atoms with Gasteiger partial charge in [0.15, 0.2) is 0 Å². The molecule has 1 unspecified atom stereocenters. The third kappa shape index (κ3) is 6.22. The molecule has 110 valence electrons. The summed E-state index contributed by atoms with van der Waals surface area (Å²) in [5.74, 6) is 0.434. The highest BCUT2D eigenvalue weighted by Crippen LogP contribution is 2.29. The molecule has 0 aromatic heterocycles. The van der Waals surface area contributed by atoms with Crippen LogP contribution >= 0.6 is 0 Å². The van der Waals surface area contributed by atoms with Crippen LogP contribution < -0.4 is 0 Å². The Morgan fingerprint density at radius 3 is 1.95 bits per heavy atom. The normalized spacial score (nSPS) is 17.6. The van der Waals surface area contributed by atoms with Gasteiger partial charge in [0.05, 0.1) is 6.10 Å². The maximum atomic E-state index is 10.2. The van der Waals surface area contributed by atoms with Gasteiger partial charge in [-0.25, -0.2) is 0 Å². The van der Waals surface area contributed by atoms with Crippen molar-refractivity contribution in [2.45, 2.75) is 46.6 Å². The molecule has 0 spiro atoms. The third-order valence-electron chi connectivity index (χ3n) is 3.35. The van der Waals surface area contributed by atoms with Crippen molar-refractivity contribution in [1.82, 2.24) is 4.90 Å². The van der Waals surface area contributed by atoms with E-state index in [0.717, 1.165) is 31.5 Å². The number of piperidine rings is 1. The maximum absolute atomic E-state index is 10.2. The molecule has 2 heteroatoms. The Balaban J connectivity index is 0.000000741. The van der Waals surface area contributed by atoms with Gasteiger partial charge in [0, 0.05) is 0 Å². The maximum Gasteiger partial charge on any atom is 0.0819 e. The second kappa shape index (κ2) is 11.0. The largest absolute Gasteiger partial charge is 0.388 e. The van der Waals surface area contributed by atoms with Gasteiger partial charge < -0.3 is 10.0 Å². The SMILES string of the molecule is CC.CC.CN1CCC(C(O)c2ccccc2)CC1. The van der Waals surface area contributed by atoms with Crippen molar-refractivity contribution in [2.75, 3.05) is 20.1 Å². The average Bonchev–Trinajstić information content (AvgIpc) is 2.52. The van der Waals surface area contributed by atoms with Gasteiger partial charge in [0.2, 0.25) is 0 Å². The van der Waals surface area contributed by atoms with Crippen LogP contribution in [0.15, 0.2) is 30.3 Å². The molecule has 1 fully saturated rings. The highest BCUT2D eigenvalue weighted by molar-refractivity contribution is 5.18. The number of nitrogens with zero attached hydrogens (tertiary/aromatic N) is 1. The Labute approximate surface area is 119 Å². The topological polar surface area (TPSA) is 23.5 Å². The number of likely N-dealkylation sites (tertiary alicyclic amines) is 1. The standard InChI is InChI=1S/C13H19NO.2C2H6/c1-14-9-7-12(8-10-14)13(15)11-5-3-2-4-6-11;2*1-2/h2-6,12-13,15H,7-10H2,1H3;2*1-2H3. The molecule has 1 aliphatic heterocycles. The van der Waals surface area contributed by atoms with Gasteiger partial charge in [0.25, 0.3) is 0 Å². The minimum absolute atomic E-state index is 0.278. The lowest BCUT2D eigenvalue weighted by Gasteiger charge is -2.32. The first kappa shape index (κ1) is 18.1. The monoisotopic (exact) mass is 265 g/mol. The molecule has 1 heterocycles. The van der Waals surface area contributed by atoms with Crippen molar-refractivity contribution in [2.24, 2.45) is 5.92 Å². The second-order valence-corrected chi connectivity index (χ2v) is 4.50. The van der Waals surface area contributed by atoms with E-state index in [0.29, 0.717) is 5.92 Å². The van der Waals surface area contributed by atoms with Gasteiger partial charge in [-0.05, 0) is 44.5 Å². The van der Waals surface area contributed by atoms with Crippen LogP contribution in [0.3, 0.4) is 0 Å². The molecule has 2 rings (SSSR count). The number of aliphatic hydroxyl groups excluding tert-OH is 1. The fourth-order valence-corrected chi connectivity index (χ4v) is 2.27. The van der Waals surface area contributed by atoms with E-state index in [2.05, 4.69) is 11.9 Å². The molecule has 1 saturated heterocycles. The number of rotatable bonds is 2. The van der Waals surface area contributed by atoms with Gasteiger partial charge in [-0.2, -0.15) is 0 Å². The Bertz CT molecular complexity index is 291. The van der Waals surface area contributed by atoms with Gasteiger partial charge in [-0.3, -0.25) is 0 Å². The highest BCUT2D eigenvalue weighted by atomic mass is 16.3. The Morgan fingerprint density at radius 2 is 1.47 bits per heavy atom. The first-order valence-electron chi connectivity index (χ1n) is 7.69. The van der Waals surface area contributed by atoms with Crippen molar-refractivity contribution in [3.63, 3.8) is 0 Å². The average molecular weight is 265 g/mol. The molecule has 1 aliphatic rings. The fraction of sp³-hybridized carbons (Fsp3) is 0.647. The number of benzene rings is 1. The zero-order chi connectivity index (χ0) is 14.7. The van der Waals surface area contributed by atoms with E-state index in [1.54, 1.807) is 0 Å². The Hall–Kier alpha value is -0.860. The summed E-state index contributed by atoms with van der Waals surface area (Å²) in [4.78, 5) is 2.33. The first-order chi connectivity index (χ1) is 9.27. The molecule has 0 amide bonds. The van der Waals surface area contributed by atoms with Crippen molar-refractivity contribution in [1.29, 1.82) is 0 Å². The highest BCUT2D eigenvalue weighted by Gasteiger charge is 2.24. The van der Waals surface area contributed by atoms with Crippen molar-refractivity contribution >= 4 is 0 Å². The Kier molecular flexibility index (Phi) is 10.5. The molecule has 2 nitrogen and oxygen atoms in total. The van der Waals surface area contributed by atoms with Gasteiger partial charge >= 0.3 is 0 Å². The molecule has 1 atom stereocenters. The van der Waals surface area contributed by atoms with Crippen LogP contribution in [-0.2, 0) is 0 Å². The quantitative estimate of drug-likeness (QED) is 0.869.